The lowest BCUT2D eigenvalue weighted by atomic mass is 9.98. The van der Waals surface area contributed by atoms with Gasteiger partial charge in [-0.2, -0.15) is 0 Å². The van der Waals surface area contributed by atoms with Gasteiger partial charge in [-0.15, -0.1) is 0 Å². The Hall–Kier alpha value is -7.96. The van der Waals surface area contributed by atoms with Gasteiger partial charge in [0.15, 0.2) is 11.2 Å². The van der Waals surface area contributed by atoms with Crippen LogP contribution in [0, 0.1) is 0 Å². The number of rotatable bonds is 4. The minimum absolute atomic E-state index is 0.735. The highest BCUT2D eigenvalue weighted by atomic mass is 16.3. The van der Waals surface area contributed by atoms with Crippen molar-refractivity contribution in [3.63, 3.8) is 0 Å². The quantitative estimate of drug-likeness (QED) is 0.180. The Labute approximate surface area is 330 Å². The van der Waals surface area contributed by atoms with Gasteiger partial charge in [0.2, 0.25) is 0 Å². The van der Waals surface area contributed by atoms with E-state index in [4.69, 9.17) is 18.8 Å². The molecule has 0 radical (unpaired) electrons. The van der Waals surface area contributed by atoms with Gasteiger partial charge in [-0.25, -0.2) is 9.97 Å². The molecule has 58 heavy (non-hydrogen) atoms. The zero-order valence-electron chi connectivity index (χ0n) is 30.9. The third-order valence-corrected chi connectivity index (χ3v) is 11.7. The number of aromatic nitrogens is 4. The Bertz CT molecular complexity index is 3810. The molecule has 0 saturated heterocycles. The minimum Gasteiger partial charge on any atom is -0.454 e. The van der Waals surface area contributed by atoms with Crippen LogP contribution in [0.5, 0.6) is 0 Å². The van der Waals surface area contributed by atoms with E-state index in [0.29, 0.717) is 0 Å². The number of para-hydroxylation sites is 4. The summed E-state index contributed by atoms with van der Waals surface area (Å²) in [6.45, 7) is 0. The molecule has 6 heteroatoms. The second-order valence-corrected chi connectivity index (χ2v) is 14.9. The van der Waals surface area contributed by atoms with Crippen LogP contribution in [0.1, 0.15) is 0 Å². The Morgan fingerprint density at radius 2 is 0.931 bits per heavy atom. The van der Waals surface area contributed by atoms with E-state index in [1.807, 2.05) is 48.5 Å². The highest BCUT2D eigenvalue weighted by molar-refractivity contribution is 6.18. The van der Waals surface area contributed by atoms with E-state index in [9.17, 15) is 0 Å². The van der Waals surface area contributed by atoms with Crippen molar-refractivity contribution in [3.05, 3.63) is 182 Å². The van der Waals surface area contributed by atoms with Crippen LogP contribution in [-0.4, -0.2) is 19.1 Å². The summed E-state index contributed by atoms with van der Waals surface area (Å²) >= 11 is 0. The Morgan fingerprint density at radius 3 is 1.72 bits per heavy atom. The van der Waals surface area contributed by atoms with Crippen LogP contribution in [0.4, 0.5) is 0 Å². The summed E-state index contributed by atoms with van der Waals surface area (Å²) in [6.07, 6.45) is 0. The van der Waals surface area contributed by atoms with E-state index < -0.39 is 0 Å². The predicted molar refractivity (Wildman–Crippen MR) is 236 cm³/mol. The average Bonchev–Trinajstić information content (AvgIpc) is 4.03. The molecule has 0 saturated carbocycles. The lowest BCUT2D eigenvalue weighted by Crippen LogP contribution is -1.94. The number of benzene rings is 7. The van der Waals surface area contributed by atoms with Gasteiger partial charge in [-0.1, -0.05) is 84.9 Å². The molecule has 0 atom stereocenters. The fraction of sp³-hybridized carbons (Fsp3) is 0. The van der Waals surface area contributed by atoms with Crippen molar-refractivity contribution >= 4 is 87.7 Å². The normalized spacial score (nSPS) is 12.1. The van der Waals surface area contributed by atoms with Gasteiger partial charge in [-0.3, -0.25) is 0 Å². The molecule has 6 heterocycles. The summed E-state index contributed by atoms with van der Waals surface area (Å²) in [5.41, 5.74) is 15.5. The maximum atomic E-state index is 6.37. The molecule has 13 rings (SSSR count). The monoisotopic (exact) mass is 742 g/mol. The van der Waals surface area contributed by atoms with Crippen LogP contribution in [0.2, 0.25) is 0 Å². The second kappa shape index (κ2) is 11.8. The third kappa shape index (κ3) is 4.42. The predicted octanol–water partition coefficient (Wildman–Crippen LogP) is 13.8. The Kier molecular flexibility index (Phi) is 6.35. The molecule has 0 aliphatic rings. The van der Waals surface area contributed by atoms with E-state index >= 15 is 0 Å². The van der Waals surface area contributed by atoms with E-state index in [2.05, 4.69) is 143 Å². The molecule has 0 fully saturated rings. The van der Waals surface area contributed by atoms with Crippen molar-refractivity contribution in [2.24, 2.45) is 0 Å². The van der Waals surface area contributed by atoms with E-state index in [1.54, 1.807) is 0 Å². The van der Waals surface area contributed by atoms with Gasteiger partial charge in [0, 0.05) is 43.7 Å². The highest BCUT2D eigenvalue weighted by Crippen LogP contribution is 2.42. The van der Waals surface area contributed by atoms with E-state index in [-0.39, 0.29) is 0 Å². The molecular weight excluding hydrogens is 713 g/mol. The summed E-state index contributed by atoms with van der Waals surface area (Å²) in [5, 5.41) is 6.83. The largest absolute Gasteiger partial charge is 0.454 e. The lowest BCUT2D eigenvalue weighted by Gasteiger charge is -2.10. The maximum absolute atomic E-state index is 6.37. The molecule has 0 bridgehead atoms. The first-order valence-electron chi connectivity index (χ1n) is 19.5. The Morgan fingerprint density at radius 1 is 0.345 bits per heavy atom. The minimum atomic E-state index is 0.735. The first-order valence-corrected chi connectivity index (χ1v) is 19.5. The van der Waals surface area contributed by atoms with Crippen LogP contribution in [0.15, 0.2) is 191 Å². The van der Waals surface area contributed by atoms with Crippen LogP contribution >= 0.6 is 0 Å². The fourth-order valence-electron chi connectivity index (χ4n) is 9.18. The maximum Gasteiger partial charge on any atom is 0.153 e. The number of hydrogen-bond donors (Lipinski definition) is 0. The van der Waals surface area contributed by atoms with Crippen molar-refractivity contribution < 1.29 is 8.83 Å². The van der Waals surface area contributed by atoms with Crippen molar-refractivity contribution in [2.45, 2.75) is 0 Å². The summed E-state index contributed by atoms with van der Waals surface area (Å²) in [6, 6.07) is 64.0. The van der Waals surface area contributed by atoms with Crippen LogP contribution in [0.25, 0.3) is 122 Å². The summed E-state index contributed by atoms with van der Waals surface area (Å²) in [4.78, 5) is 10.2. The number of furan rings is 2. The van der Waals surface area contributed by atoms with Crippen molar-refractivity contribution in [2.75, 3.05) is 0 Å². The smallest absolute Gasteiger partial charge is 0.153 e. The first-order chi connectivity index (χ1) is 28.7. The van der Waals surface area contributed by atoms with Gasteiger partial charge in [0.05, 0.1) is 33.5 Å². The molecule has 6 nitrogen and oxygen atoms in total. The zero-order valence-corrected chi connectivity index (χ0v) is 30.9. The lowest BCUT2D eigenvalue weighted by molar-refractivity contribution is 0.667. The van der Waals surface area contributed by atoms with Gasteiger partial charge in [0.1, 0.15) is 22.2 Å². The molecule has 13 aromatic rings. The topological polar surface area (TPSA) is 61.9 Å². The summed E-state index contributed by atoms with van der Waals surface area (Å²) in [5.74, 6) is 0. The highest BCUT2D eigenvalue weighted by Gasteiger charge is 2.20. The molecule has 7 aromatic carbocycles. The molecule has 270 valence electrons. The van der Waals surface area contributed by atoms with Gasteiger partial charge in [-0.05, 0) is 108 Å². The van der Waals surface area contributed by atoms with Crippen LogP contribution in [-0.2, 0) is 0 Å². The van der Waals surface area contributed by atoms with Gasteiger partial charge in [0.25, 0.3) is 0 Å². The SMILES string of the molecule is c1ccc(-n2c3ccccc3c3cc(-c4cccc5c4c4ccccc4n5-c4ccc5oc6ccc(-c7ccc8oc9ccccc9c8n7)nc6c5c4)ccc32)cc1. The standard InChI is InChI=1S/C52H30N4O2/c1-2-11-32(12-3-1)55-42-17-7-4-13-35(42)38-29-31(21-25-44(38)55)34-16-10-19-45-50(34)36-14-5-8-18-43(36)56(45)33-22-26-47-39(30-33)52-49(58-47)28-24-41(54-52)40-23-27-48-51(53-40)37-15-6-9-20-46(37)57-48/h1-30H. The third-order valence-electron chi connectivity index (χ3n) is 11.7. The molecule has 0 aliphatic heterocycles. The molecule has 0 spiro atoms. The average molecular weight is 743 g/mol. The molecule has 0 amide bonds. The Balaban J connectivity index is 0.985. The number of hydrogen-bond acceptors (Lipinski definition) is 4. The fourth-order valence-corrected chi connectivity index (χ4v) is 9.18. The van der Waals surface area contributed by atoms with Crippen molar-refractivity contribution in [3.8, 4) is 33.9 Å². The number of pyridine rings is 2. The first kappa shape index (κ1) is 31.3. The second-order valence-electron chi connectivity index (χ2n) is 14.9. The zero-order chi connectivity index (χ0) is 37.9. The molecule has 6 aromatic heterocycles. The van der Waals surface area contributed by atoms with Crippen LogP contribution < -0.4 is 0 Å². The summed E-state index contributed by atoms with van der Waals surface area (Å²) < 4.78 is 17.2. The molecular formula is C52H30N4O2. The van der Waals surface area contributed by atoms with Crippen molar-refractivity contribution in [1.29, 1.82) is 0 Å². The van der Waals surface area contributed by atoms with Crippen molar-refractivity contribution in [1.82, 2.24) is 19.1 Å². The molecule has 0 unspecified atom stereocenters. The van der Waals surface area contributed by atoms with E-state index in [0.717, 1.165) is 77.9 Å². The molecule has 0 aliphatic carbocycles. The number of fused-ring (bicyclic) bond motifs is 12. The van der Waals surface area contributed by atoms with Gasteiger partial charge >= 0.3 is 0 Å². The summed E-state index contributed by atoms with van der Waals surface area (Å²) in [7, 11) is 0. The number of nitrogens with zero attached hydrogens (tertiary/aromatic N) is 4. The van der Waals surface area contributed by atoms with Gasteiger partial charge < -0.3 is 18.0 Å². The van der Waals surface area contributed by atoms with Crippen LogP contribution in [0.3, 0.4) is 0 Å². The molecule has 0 N–H and O–H groups in total. The van der Waals surface area contributed by atoms with E-state index in [1.165, 1.54) is 43.7 Å².